The first-order valence-electron chi connectivity index (χ1n) is 5.70. The van der Waals surface area contributed by atoms with Crippen LogP contribution in [0.25, 0.3) is 0 Å². The minimum Gasteiger partial charge on any atom is -0.497 e. The Morgan fingerprint density at radius 1 is 1.06 bits per heavy atom. The number of alkyl halides is 2. The molecule has 0 unspecified atom stereocenters. The zero-order chi connectivity index (χ0) is 12.8. The van der Waals surface area contributed by atoms with Crippen LogP contribution in [0, 0.1) is 0 Å². The fraction of sp³-hybridized carbons (Fsp3) is 0.538. The lowest BCUT2D eigenvalue weighted by molar-refractivity contribution is 0.415. The highest BCUT2D eigenvalue weighted by Gasteiger charge is 2.12. The van der Waals surface area contributed by atoms with Crippen LogP contribution in [0.4, 0.5) is 5.69 Å². The van der Waals surface area contributed by atoms with Crippen molar-refractivity contribution in [1.82, 2.24) is 0 Å². The predicted octanol–water partition coefficient (Wildman–Crippen LogP) is 3.76. The Balaban J connectivity index is 2.79. The molecule has 0 bridgehead atoms. The van der Waals surface area contributed by atoms with Gasteiger partial charge in [-0.25, -0.2) is 0 Å². The minimum absolute atomic E-state index is 0.0903. The molecule has 4 heteroatoms. The van der Waals surface area contributed by atoms with Gasteiger partial charge in [0, 0.05) is 29.5 Å². The molecular formula is C13H19Cl2NO. The lowest BCUT2D eigenvalue weighted by atomic mass is 10.2. The first kappa shape index (κ1) is 14.5. The van der Waals surface area contributed by atoms with Crippen LogP contribution in [0.15, 0.2) is 24.3 Å². The summed E-state index contributed by atoms with van der Waals surface area (Å²) >= 11 is 12.1. The Hall–Kier alpha value is -0.600. The molecule has 2 atom stereocenters. The molecule has 0 aromatic heterocycles. The van der Waals surface area contributed by atoms with Crippen LogP contribution in [-0.2, 0) is 0 Å². The smallest absolute Gasteiger partial charge is 0.119 e. The molecule has 0 spiro atoms. The van der Waals surface area contributed by atoms with Gasteiger partial charge in [-0.1, -0.05) is 0 Å². The molecule has 2 nitrogen and oxygen atoms in total. The fourth-order valence-corrected chi connectivity index (χ4v) is 2.02. The zero-order valence-corrected chi connectivity index (χ0v) is 12.0. The molecule has 0 fully saturated rings. The first-order valence-corrected chi connectivity index (χ1v) is 6.57. The molecule has 1 rings (SSSR count). The van der Waals surface area contributed by atoms with Crippen LogP contribution in [0.1, 0.15) is 13.8 Å². The quantitative estimate of drug-likeness (QED) is 0.733. The highest BCUT2D eigenvalue weighted by atomic mass is 35.5. The Bertz CT molecular complexity index is 315. The lowest BCUT2D eigenvalue weighted by Crippen LogP contribution is -2.33. The molecular weight excluding hydrogens is 257 g/mol. The molecule has 0 heterocycles. The largest absolute Gasteiger partial charge is 0.497 e. The van der Waals surface area contributed by atoms with E-state index in [2.05, 4.69) is 4.90 Å². The zero-order valence-electron chi connectivity index (χ0n) is 10.5. The molecule has 1 aromatic carbocycles. The van der Waals surface area contributed by atoms with E-state index in [9.17, 15) is 0 Å². The van der Waals surface area contributed by atoms with Gasteiger partial charge in [0.25, 0.3) is 0 Å². The molecule has 0 aliphatic carbocycles. The van der Waals surface area contributed by atoms with E-state index >= 15 is 0 Å². The third-order valence-electron chi connectivity index (χ3n) is 2.38. The Kier molecular flexibility index (Phi) is 5.93. The Morgan fingerprint density at radius 2 is 1.53 bits per heavy atom. The van der Waals surface area contributed by atoms with Crippen molar-refractivity contribution < 1.29 is 4.74 Å². The summed E-state index contributed by atoms with van der Waals surface area (Å²) in [6.07, 6.45) is 0. The molecule has 0 aliphatic heterocycles. The molecule has 0 radical (unpaired) electrons. The third kappa shape index (κ3) is 5.05. The summed E-state index contributed by atoms with van der Waals surface area (Å²) in [4.78, 5) is 2.19. The third-order valence-corrected chi connectivity index (χ3v) is 2.66. The van der Waals surface area contributed by atoms with Crippen molar-refractivity contribution in [3.8, 4) is 5.75 Å². The second kappa shape index (κ2) is 6.97. The molecule has 1 aromatic rings. The van der Waals surface area contributed by atoms with E-state index in [-0.39, 0.29) is 10.8 Å². The number of benzene rings is 1. The van der Waals surface area contributed by atoms with E-state index in [1.54, 1.807) is 7.11 Å². The SMILES string of the molecule is COc1ccc(N(C[C@H](C)Cl)C[C@H](C)Cl)cc1. The summed E-state index contributed by atoms with van der Waals surface area (Å²) in [5, 5.41) is 0.181. The summed E-state index contributed by atoms with van der Waals surface area (Å²) < 4.78 is 5.14. The van der Waals surface area contributed by atoms with Crippen molar-refractivity contribution in [2.45, 2.75) is 24.6 Å². The molecule has 0 saturated heterocycles. The Morgan fingerprint density at radius 3 is 1.88 bits per heavy atom. The predicted molar refractivity (Wildman–Crippen MR) is 75.8 cm³/mol. The van der Waals surface area contributed by atoms with Gasteiger partial charge in [-0.05, 0) is 38.1 Å². The molecule has 0 saturated carbocycles. The van der Waals surface area contributed by atoms with Gasteiger partial charge in [-0.2, -0.15) is 0 Å². The average Bonchev–Trinajstić information content (AvgIpc) is 2.27. The van der Waals surface area contributed by atoms with Crippen LogP contribution in [0.2, 0.25) is 0 Å². The maximum absolute atomic E-state index is 6.05. The van der Waals surface area contributed by atoms with Crippen LogP contribution in [0.3, 0.4) is 0 Å². The number of ether oxygens (including phenoxy) is 1. The second-order valence-electron chi connectivity index (χ2n) is 4.16. The Labute approximate surface area is 113 Å². The van der Waals surface area contributed by atoms with E-state index in [1.807, 2.05) is 38.1 Å². The maximum atomic E-state index is 6.05. The minimum atomic E-state index is 0.0903. The molecule has 0 amide bonds. The van der Waals surface area contributed by atoms with Crippen molar-refractivity contribution in [2.24, 2.45) is 0 Å². The normalized spacial score (nSPS) is 14.2. The fourth-order valence-electron chi connectivity index (χ4n) is 1.69. The van der Waals surface area contributed by atoms with E-state index in [0.717, 1.165) is 24.5 Å². The van der Waals surface area contributed by atoms with Crippen LogP contribution in [-0.4, -0.2) is 31.0 Å². The number of nitrogens with zero attached hydrogens (tertiary/aromatic N) is 1. The van der Waals surface area contributed by atoms with E-state index in [0.29, 0.717) is 0 Å². The van der Waals surface area contributed by atoms with E-state index < -0.39 is 0 Å². The average molecular weight is 276 g/mol. The highest BCUT2D eigenvalue weighted by Crippen LogP contribution is 2.21. The van der Waals surface area contributed by atoms with Crippen LogP contribution < -0.4 is 9.64 Å². The second-order valence-corrected chi connectivity index (χ2v) is 5.65. The summed E-state index contributed by atoms with van der Waals surface area (Å²) in [5.41, 5.74) is 1.12. The van der Waals surface area contributed by atoms with Crippen molar-refractivity contribution in [3.05, 3.63) is 24.3 Å². The topological polar surface area (TPSA) is 12.5 Å². The van der Waals surface area contributed by atoms with E-state index in [4.69, 9.17) is 27.9 Å². The van der Waals surface area contributed by atoms with Gasteiger partial charge in [0.05, 0.1) is 7.11 Å². The summed E-state index contributed by atoms with van der Waals surface area (Å²) in [6, 6.07) is 7.94. The monoisotopic (exact) mass is 275 g/mol. The van der Waals surface area contributed by atoms with Crippen molar-refractivity contribution in [3.63, 3.8) is 0 Å². The van der Waals surface area contributed by atoms with Crippen molar-refractivity contribution in [2.75, 3.05) is 25.1 Å². The molecule has 0 N–H and O–H groups in total. The molecule has 96 valence electrons. The van der Waals surface area contributed by atoms with Gasteiger partial charge in [-0.3, -0.25) is 0 Å². The maximum Gasteiger partial charge on any atom is 0.119 e. The number of rotatable bonds is 6. The number of anilines is 1. The van der Waals surface area contributed by atoms with Crippen molar-refractivity contribution in [1.29, 1.82) is 0 Å². The van der Waals surface area contributed by atoms with Crippen LogP contribution >= 0.6 is 23.2 Å². The molecule has 0 aliphatic rings. The summed E-state index contributed by atoms with van der Waals surface area (Å²) in [6.45, 7) is 5.53. The van der Waals surface area contributed by atoms with Gasteiger partial charge in [-0.15, -0.1) is 23.2 Å². The highest BCUT2D eigenvalue weighted by molar-refractivity contribution is 6.21. The summed E-state index contributed by atoms with van der Waals surface area (Å²) in [5.74, 6) is 0.853. The number of hydrogen-bond donors (Lipinski definition) is 0. The standard InChI is InChI=1S/C13H19Cl2NO/c1-10(14)8-16(9-11(2)15)12-4-6-13(17-3)7-5-12/h4-7,10-11H,8-9H2,1-3H3/t10-,11-/m0/s1. The van der Waals surface area contributed by atoms with Crippen LogP contribution in [0.5, 0.6) is 5.75 Å². The summed E-state index contributed by atoms with van der Waals surface area (Å²) in [7, 11) is 1.66. The number of methoxy groups -OCH3 is 1. The van der Waals surface area contributed by atoms with E-state index in [1.165, 1.54) is 0 Å². The van der Waals surface area contributed by atoms with Gasteiger partial charge in [0.2, 0.25) is 0 Å². The van der Waals surface area contributed by atoms with Crippen molar-refractivity contribution >= 4 is 28.9 Å². The number of hydrogen-bond acceptors (Lipinski definition) is 2. The van der Waals surface area contributed by atoms with Gasteiger partial charge in [0.15, 0.2) is 0 Å². The van der Waals surface area contributed by atoms with Gasteiger partial charge < -0.3 is 9.64 Å². The lowest BCUT2D eigenvalue weighted by Gasteiger charge is -2.27. The molecule has 17 heavy (non-hydrogen) atoms. The van der Waals surface area contributed by atoms with Gasteiger partial charge >= 0.3 is 0 Å². The number of halogens is 2. The first-order chi connectivity index (χ1) is 8.02. The van der Waals surface area contributed by atoms with Gasteiger partial charge in [0.1, 0.15) is 5.75 Å².